The molecule has 4 heteroatoms. The van der Waals surface area contributed by atoms with Gasteiger partial charge in [-0.1, -0.05) is 26.8 Å². The normalized spacial score (nSPS) is 14.4. The lowest BCUT2D eigenvalue weighted by molar-refractivity contribution is 0.491. The van der Waals surface area contributed by atoms with Gasteiger partial charge in [-0.05, 0) is 31.5 Å². The van der Waals surface area contributed by atoms with Gasteiger partial charge in [-0.2, -0.15) is 11.8 Å². The van der Waals surface area contributed by atoms with Crippen LogP contribution in [-0.2, 0) is 0 Å². The van der Waals surface area contributed by atoms with Gasteiger partial charge in [0.1, 0.15) is 11.6 Å². The molecule has 1 aromatic rings. The smallest absolute Gasteiger partial charge is 0.130 e. The molecular formula is C15H23F2NS. The molecule has 1 aromatic carbocycles. The Balaban J connectivity index is 2.83. The van der Waals surface area contributed by atoms with Crippen LogP contribution in [0.5, 0.6) is 0 Å². The molecule has 0 amide bonds. The van der Waals surface area contributed by atoms with Gasteiger partial charge in [-0.25, -0.2) is 8.78 Å². The minimum atomic E-state index is -0.460. The average Bonchev–Trinajstić information content (AvgIpc) is 2.40. The van der Waals surface area contributed by atoms with Gasteiger partial charge in [-0.15, -0.1) is 0 Å². The van der Waals surface area contributed by atoms with Crippen LogP contribution in [0, 0.1) is 11.6 Å². The van der Waals surface area contributed by atoms with Gasteiger partial charge >= 0.3 is 0 Å². The first-order valence-electron chi connectivity index (χ1n) is 6.89. The molecule has 2 unspecified atom stereocenters. The Morgan fingerprint density at radius 1 is 1.21 bits per heavy atom. The van der Waals surface area contributed by atoms with E-state index < -0.39 is 11.6 Å². The minimum Gasteiger partial charge on any atom is -0.309 e. The van der Waals surface area contributed by atoms with E-state index in [0.717, 1.165) is 19.4 Å². The van der Waals surface area contributed by atoms with Crippen LogP contribution < -0.4 is 5.32 Å². The van der Waals surface area contributed by atoms with Gasteiger partial charge in [0.15, 0.2) is 0 Å². The summed E-state index contributed by atoms with van der Waals surface area (Å²) in [5, 5.41) is 3.75. The Morgan fingerprint density at radius 3 is 2.37 bits per heavy atom. The largest absolute Gasteiger partial charge is 0.309 e. The molecule has 0 bridgehead atoms. The van der Waals surface area contributed by atoms with Crippen molar-refractivity contribution < 1.29 is 8.78 Å². The third-order valence-corrected chi connectivity index (χ3v) is 4.54. The molecule has 0 aliphatic carbocycles. The number of rotatable bonds is 8. The molecule has 0 aliphatic rings. The van der Waals surface area contributed by atoms with Crippen LogP contribution in [0.4, 0.5) is 8.78 Å². The van der Waals surface area contributed by atoms with E-state index in [1.807, 2.05) is 6.92 Å². The second kappa shape index (κ2) is 8.54. The zero-order valence-electron chi connectivity index (χ0n) is 11.9. The lowest BCUT2D eigenvalue weighted by atomic mass is 10.1. The lowest BCUT2D eigenvalue weighted by Crippen LogP contribution is -2.26. The summed E-state index contributed by atoms with van der Waals surface area (Å²) in [5.41, 5.74) is 0.173. The van der Waals surface area contributed by atoms with Gasteiger partial charge < -0.3 is 5.32 Å². The molecule has 0 radical (unpaired) electrons. The fraction of sp³-hybridized carbons (Fsp3) is 0.600. The van der Waals surface area contributed by atoms with E-state index in [9.17, 15) is 8.78 Å². The predicted molar refractivity (Wildman–Crippen MR) is 79.6 cm³/mol. The number of thioether (sulfide) groups is 1. The van der Waals surface area contributed by atoms with Crippen molar-refractivity contribution in [3.8, 4) is 0 Å². The van der Waals surface area contributed by atoms with Gasteiger partial charge in [-0.3, -0.25) is 0 Å². The van der Waals surface area contributed by atoms with E-state index in [1.54, 1.807) is 11.8 Å². The van der Waals surface area contributed by atoms with Crippen LogP contribution in [0.15, 0.2) is 18.2 Å². The molecule has 1 rings (SSSR count). The van der Waals surface area contributed by atoms with Crippen LogP contribution in [0.25, 0.3) is 0 Å². The molecule has 2 atom stereocenters. The van der Waals surface area contributed by atoms with Crippen molar-refractivity contribution in [2.75, 3.05) is 12.3 Å². The van der Waals surface area contributed by atoms with Crippen molar-refractivity contribution in [1.29, 1.82) is 0 Å². The number of hydrogen-bond acceptors (Lipinski definition) is 2. The molecule has 0 heterocycles. The molecule has 108 valence electrons. The SMILES string of the molecule is CCCNC(CSC(C)CC)c1c(F)cccc1F. The van der Waals surface area contributed by atoms with Crippen molar-refractivity contribution in [2.24, 2.45) is 0 Å². The highest BCUT2D eigenvalue weighted by Crippen LogP contribution is 2.26. The molecule has 0 aromatic heterocycles. The van der Waals surface area contributed by atoms with Crippen LogP contribution in [-0.4, -0.2) is 17.5 Å². The maximum atomic E-state index is 13.8. The first kappa shape index (κ1) is 16.4. The molecule has 19 heavy (non-hydrogen) atoms. The summed E-state index contributed by atoms with van der Waals surface area (Å²) in [6, 6.07) is 3.80. The van der Waals surface area contributed by atoms with Crippen molar-refractivity contribution in [1.82, 2.24) is 5.32 Å². The second-order valence-corrected chi connectivity index (χ2v) is 6.17. The Hall–Kier alpha value is -0.610. The quantitative estimate of drug-likeness (QED) is 0.753. The van der Waals surface area contributed by atoms with Gasteiger partial charge in [0, 0.05) is 22.6 Å². The van der Waals surface area contributed by atoms with E-state index in [2.05, 4.69) is 19.2 Å². The molecular weight excluding hydrogens is 264 g/mol. The molecule has 0 fully saturated rings. The average molecular weight is 287 g/mol. The lowest BCUT2D eigenvalue weighted by Gasteiger charge is -2.21. The molecule has 0 aliphatic heterocycles. The number of hydrogen-bond donors (Lipinski definition) is 1. The van der Waals surface area contributed by atoms with E-state index in [4.69, 9.17) is 0 Å². The highest BCUT2D eigenvalue weighted by molar-refractivity contribution is 7.99. The molecule has 0 spiro atoms. The van der Waals surface area contributed by atoms with E-state index >= 15 is 0 Å². The Bertz CT molecular complexity index is 364. The maximum absolute atomic E-state index is 13.8. The van der Waals surface area contributed by atoms with Gasteiger partial charge in [0.05, 0.1) is 0 Å². The van der Waals surface area contributed by atoms with E-state index in [-0.39, 0.29) is 11.6 Å². The fourth-order valence-corrected chi connectivity index (χ4v) is 2.83. The van der Waals surface area contributed by atoms with Crippen molar-refractivity contribution >= 4 is 11.8 Å². The van der Waals surface area contributed by atoms with Crippen LogP contribution in [0.2, 0.25) is 0 Å². The summed E-state index contributed by atoms with van der Waals surface area (Å²) in [7, 11) is 0. The van der Waals surface area contributed by atoms with Crippen LogP contribution in [0.1, 0.15) is 45.2 Å². The summed E-state index contributed by atoms with van der Waals surface area (Å²) in [4.78, 5) is 0. The highest BCUT2D eigenvalue weighted by atomic mass is 32.2. The maximum Gasteiger partial charge on any atom is 0.130 e. The van der Waals surface area contributed by atoms with Crippen molar-refractivity contribution in [2.45, 2.75) is 44.9 Å². The zero-order chi connectivity index (χ0) is 14.3. The van der Waals surface area contributed by atoms with Crippen molar-refractivity contribution in [3.05, 3.63) is 35.4 Å². The third-order valence-electron chi connectivity index (χ3n) is 3.11. The topological polar surface area (TPSA) is 12.0 Å². The third kappa shape index (κ3) is 5.11. The predicted octanol–water partition coefficient (Wildman–Crippen LogP) is 4.54. The van der Waals surface area contributed by atoms with E-state index in [0.29, 0.717) is 11.0 Å². The second-order valence-electron chi connectivity index (χ2n) is 4.69. The van der Waals surface area contributed by atoms with Crippen LogP contribution in [0.3, 0.4) is 0 Å². The number of nitrogens with one attached hydrogen (secondary N) is 1. The first-order valence-corrected chi connectivity index (χ1v) is 7.93. The standard InChI is InChI=1S/C15H23F2NS/c1-4-9-18-14(10-19-11(3)5-2)15-12(16)7-6-8-13(15)17/h6-8,11,14,18H,4-5,9-10H2,1-3H3. The van der Waals surface area contributed by atoms with E-state index in [1.165, 1.54) is 18.2 Å². The molecule has 0 saturated carbocycles. The number of halogens is 2. The summed E-state index contributed by atoms with van der Waals surface area (Å²) in [5.74, 6) is -0.232. The highest BCUT2D eigenvalue weighted by Gasteiger charge is 2.20. The summed E-state index contributed by atoms with van der Waals surface area (Å²) < 4.78 is 27.7. The Labute approximate surface area is 119 Å². The fourth-order valence-electron chi connectivity index (χ4n) is 1.78. The number of benzene rings is 1. The molecule has 1 nitrogen and oxygen atoms in total. The van der Waals surface area contributed by atoms with Crippen molar-refractivity contribution in [3.63, 3.8) is 0 Å². The minimum absolute atomic E-state index is 0.173. The zero-order valence-corrected chi connectivity index (χ0v) is 12.7. The summed E-state index contributed by atoms with van der Waals surface area (Å²) in [6.45, 7) is 7.07. The molecule has 0 saturated heterocycles. The van der Waals surface area contributed by atoms with Crippen LogP contribution >= 0.6 is 11.8 Å². The monoisotopic (exact) mass is 287 g/mol. The Morgan fingerprint density at radius 2 is 1.84 bits per heavy atom. The van der Waals surface area contributed by atoms with Gasteiger partial charge in [0.2, 0.25) is 0 Å². The Kier molecular flexibility index (Phi) is 7.39. The first-order chi connectivity index (χ1) is 9.10. The molecule has 1 N–H and O–H groups in total. The summed E-state index contributed by atoms with van der Waals surface area (Å²) in [6.07, 6.45) is 2.01. The summed E-state index contributed by atoms with van der Waals surface area (Å²) >= 11 is 1.75. The van der Waals surface area contributed by atoms with Gasteiger partial charge in [0.25, 0.3) is 0 Å².